The molecular weight excluding hydrogens is 308 g/mol. The number of rotatable bonds is 5. The van der Waals surface area contributed by atoms with E-state index in [4.69, 9.17) is 0 Å². The van der Waals surface area contributed by atoms with E-state index in [1.165, 1.54) is 11.8 Å². The third-order valence-corrected chi connectivity index (χ3v) is 4.62. The molecule has 0 saturated heterocycles. The number of benzene rings is 2. The fraction of sp³-hybridized carbons (Fsp3) is 0.176. The Bertz CT molecular complexity index is 816. The minimum atomic E-state index is -0.342. The molecule has 1 aromatic heterocycles. The van der Waals surface area contributed by atoms with Crippen LogP contribution in [0.1, 0.15) is 21.9 Å². The second-order valence-electron chi connectivity index (χ2n) is 5.25. The summed E-state index contributed by atoms with van der Waals surface area (Å²) in [4.78, 5) is 11.5. The molecule has 1 atom stereocenters. The van der Waals surface area contributed by atoms with Crippen LogP contribution in [0.5, 0.6) is 0 Å². The van der Waals surface area contributed by atoms with Crippen LogP contribution in [-0.2, 0) is 4.79 Å². The van der Waals surface area contributed by atoms with Gasteiger partial charge in [0.2, 0.25) is 5.16 Å². The molecule has 1 unspecified atom stereocenters. The van der Waals surface area contributed by atoms with Gasteiger partial charge in [-0.15, -0.1) is 5.10 Å². The predicted octanol–water partition coefficient (Wildman–Crippen LogP) is 3.31. The van der Waals surface area contributed by atoms with Gasteiger partial charge in [-0.1, -0.05) is 54.2 Å². The van der Waals surface area contributed by atoms with Gasteiger partial charge in [-0.2, -0.15) is 4.68 Å². The molecule has 3 aromatic rings. The normalized spacial score (nSPS) is 12.1. The number of carbonyl (C=O) groups is 1. The number of aromatic nitrogens is 4. The third-order valence-electron chi connectivity index (χ3n) is 3.52. The minimum Gasteiger partial charge on any atom is -0.302 e. The van der Waals surface area contributed by atoms with E-state index in [1.807, 2.05) is 62.4 Å². The number of thioether (sulfide) groups is 1. The topological polar surface area (TPSA) is 60.7 Å². The summed E-state index contributed by atoms with van der Waals surface area (Å²) in [5.41, 5.74) is 4.07. The summed E-state index contributed by atoms with van der Waals surface area (Å²) in [6.45, 7) is 4.04. The zero-order valence-corrected chi connectivity index (χ0v) is 13.7. The molecule has 6 heteroatoms. The third kappa shape index (κ3) is 3.32. The molecule has 0 spiro atoms. The molecule has 1 heterocycles. The van der Waals surface area contributed by atoms with E-state index >= 15 is 0 Å². The highest BCUT2D eigenvalue weighted by atomic mass is 32.2. The van der Waals surface area contributed by atoms with Crippen LogP contribution >= 0.6 is 11.8 Å². The molecule has 0 N–H and O–H groups in total. The van der Waals surface area contributed by atoms with Crippen molar-refractivity contribution in [1.82, 2.24) is 20.2 Å². The highest BCUT2D eigenvalue weighted by Crippen LogP contribution is 2.33. The molecule has 0 aliphatic rings. The van der Waals surface area contributed by atoms with E-state index in [0.717, 1.165) is 28.7 Å². The second kappa shape index (κ2) is 6.75. The Kier molecular flexibility index (Phi) is 4.52. The molecule has 116 valence electrons. The van der Waals surface area contributed by atoms with Crippen molar-refractivity contribution < 1.29 is 4.79 Å². The first-order valence-electron chi connectivity index (χ1n) is 7.22. The Morgan fingerprint density at radius 3 is 2.65 bits per heavy atom. The minimum absolute atomic E-state index is 0.342. The van der Waals surface area contributed by atoms with Gasteiger partial charge in [-0.05, 0) is 47.0 Å². The zero-order valence-electron chi connectivity index (χ0n) is 12.9. The van der Waals surface area contributed by atoms with Crippen LogP contribution in [0.25, 0.3) is 5.69 Å². The predicted molar refractivity (Wildman–Crippen MR) is 89.7 cm³/mol. The molecule has 0 bridgehead atoms. The summed E-state index contributed by atoms with van der Waals surface area (Å²) in [6.07, 6.45) is 0.919. The Morgan fingerprint density at radius 2 is 1.91 bits per heavy atom. The maximum atomic E-state index is 11.5. The fourth-order valence-corrected chi connectivity index (χ4v) is 3.18. The van der Waals surface area contributed by atoms with Crippen LogP contribution in [0.2, 0.25) is 0 Å². The number of nitrogens with zero attached hydrogens (tertiary/aromatic N) is 4. The van der Waals surface area contributed by atoms with Crippen LogP contribution < -0.4 is 0 Å². The van der Waals surface area contributed by atoms with Gasteiger partial charge in [0.05, 0.1) is 10.9 Å². The molecule has 0 amide bonds. The molecule has 5 nitrogen and oxygen atoms in total. The summed E-state index contributed by atoms with van der Waals surface area (Å²) in [6, 6.07) is 15.7. The molecule has 2 aromatic carbocycles. The lowest BCUT2D eigenvalue weighted by atomic mass is 10.1. The summed E-state index contributed by atoms with van der Waals surface area (Å²) < 4.78 is 1.69. The Labute approximate surface area is 138 Å². The molecule has 0 radical (unpaired) electrons. The number of carbonyl (C=O) groups excluding carboxylic acids is 1. The van der Waals surface area contributed by atoms with Crippen LogP contribution in [0.4, 0.5) is 0 Å². The highest BCUT2D eigenvalue weighted by molar-refractivity contribution is 8.00. The van der Waals surface area contributed by atoms with Gasteiger partial charge >= 0.3 is 0 Å². The van der Waals surface area contributed by atoms with Gasteiger partial charge in [0, 0.05) is 0 Å². The lowest BCUT2D eigenvalue weighted by Crippen LogP contribution is -2.04. The van der Waals surface area contributed by atoms with Crippen molar-refractivity contribution >= 4 is 18.0 Å². The smallest absolute Gasteiger partial charge is 0.215 e. The second-order valence-corrected chi connectivity index (χ2v) is 6.36. The maximum Gasteiger partial charge on any atom is 0.215 e. The molecule has 23 heavy (non-hydrogen) atoms. The van der Waals surface area contributed by atoms with Crippen molar-refractivity contribution in [2.45, 2.75) is 24.3 Å². The Hall–Kier alpha value is -2.47. The summed E-state index contributed by atoms with van der Waals surface area (Å²) in [7, 11) is 0. The molecule has 3 rings (SSSR count). The van der Waals surface area contributed by atoms with Crippen LogP contribution in [0, 0.1) is 13.8 Å². The first kappa shape index (κ1) is 15.4. The number of tetrazole rings is 1. The zero-order chi connectivity index (χ0) is 16.2. The van der Waals surface area contributed by atoms with Crippen molar-refractivity contribution in [2.75, 3.05) is 0 Å². The quantitative estimate of drug-likeness (QED) is 0.532. The molecule has 0 aliphatic carbocycles. The highest BCUT2D eigenvalue weighted by Gasteiger charge is 2.18. The van der Waals surface area contributed by atoms with E-state index in [0.29, 0.717) is 5.16 Å². The van der Waals surface area contributed by atoms with Gasteiger partial charge in [-0.3, -0.25) is 0 Å². The number of hydrogen-bond acceptors (Lipinski definition) is 5. The van der Waals surface area contributed by atoms with Crippen molar-refractivity contribution in [1.29, 1.82) is 0 Å². The van der Waals surface area contributed by atoms with E-state index in [9.17, 15) is 4.79 Å². The molecular formula is C17H16N4OS. The van der Waals surface area contributed by atoms with Gasteiger partial charge < -0.3 is 4.79 Å². The van der Waals surface area contributed by atoms with E-state index in [2.05, 4.69) is 15.5 Å². The van der Waals surface area contributed by atoms with E-state index in [-0.39, 0.29) is 5.25 Å². The van der Waals surface area contributed by atoms with Gasteiger partial charge in [0.1, 0.15) is 6.29 Å². The molecule has 0 fully saturated rings. The average Bonchev–Trinajstić information content (AvgIpc) is 3.03. The standard InChI is InChI=1S/C17H16N4OS/c1-12-8-9-13(2)15(10-12)21-17(18-19-20-21)23-16(11-22)14-6-4-3-5-7-14/h3-11,16H,1-2H3. The van der Waals surface area contributed by atoms with Crippen molar-refractivity contribution in [2.24, 2.45) is 0 Å². The first-order chi connectivity index (χ1) is 11.2. The van der Waals surface area contributed by atoms with Crippen molar-refractivity contribution in [3.05, 3.63) is 65.2 Å². The fourth-order valence-electron chi connectivity index (χ4n) is 2.28. The SMILES string of the molecule is Cc1ccc(C)c(-n2nnnc2SC(C=O)c2ccccc2)c1. The van der Waals surface area contributed by atoms with Crippen LogP contribution in [-0.4, -0.2) is 26.5 Å². The molecule has 0 saturated carbocycles. The maximum absolute atomic E-state index is 11.5. The Morgan fingerprint density at radius 1 is 1.13 bits per heavy atom. The number of aldehydes is 1. The van der Waals surface area contributed by atoms with Gasteiger partial charge in [0.25, 0.3) is 0 Å². The van der Waals surface area contributed by atoms with E-state index in [1.54, 1.807) is 4.68 Å². The largest absolute Gasteiger partial charge is 0.302 e. The average molecular weight is 324 g/mol. The summed E-state index contributed by atoms with van der Waals surface area (Å²) >= 11 is 1.34. The van der Waals surface area contributed by atoms with Crippen molar-refractivity contribution in [3.63, 3.8) is 0 Å². The van der Waals surface area contributed by atoms with E-state index < -0.39 is 0 Å². The molecule has 0 aliphatic heterocycles. The summed E-state index contributed by atoms with van der Waals surface area (Å²) in [5.74, 6) is 0. The first-order valence-corrected chi connectivity index (χ1v) is 8.10. The summed E-state index contributed by atoms with van der Waals surface area (Å²) in [5, 5.41) is 12.2. The number of hydrogen-bond donors (Lipinski definition) is 0. The van der Waals surface area contributed by atoms with Gasteiger partial charge in [0.15, 0.2) is 0 Å². The van der Waals surface area contributed by atoms with Crippen LogP contribution in [0.15, 0.2) is 53.7 Å². The number of aryl methyl sites for hydroxylation is 2. The lowest BCUT2D eigenvalue weighted by molar-refractivity contribution is -0.107. The Balaban J connectivity index is 1.95. The lowest BCUT2D eigenvalue weighted by Gasteiger charge is -2.11. The monoisotopic (exact) mass is 324 g/mol. The van der Waals surface area contributed by atoms with Crippen molar-refractivity contribution in [3.8, 4) is 5.69 Å². The van der Waals surface area contributed by atoms with Gasteiger partial charge in [-0.25, -0.2) is 0 Å². The van der Waals surface area contributed by atoms with Crippen LogP contribution in [0.3, 0.4) is 0 Å².